The molecule has 0 aliphatic rings. The lowest BCUT2D eigenvalue weighted by atomic mass is 10.1. The molecule has 1 aromatic carbocycles. The third-order valence-corrected chi connectivity index (χ3v) is 2.00. The van der Waals surface area contributed by atoms with Crippen molar-refractivity contribution in [3.8, 4) is 0 Å². The Morgan fingerprint density at radius 3 is 2.64 bits per heavy atom. The highest BCUT2D eigenvalue weighted by Gasteiger charge is 2.03. The van der Waals surface area contributed by atoms with Gasteiger partial charge >= 0.3 is 5.97 Å². The fourth-order valence-electron chi connectivity index (χ4n) is 1.10. The van der Waals surface area contributed by atoms with Gasteiger partial charge in [0.2, 0.25) is 0 Å². The van der Waals surface area contributed by atoms with Crippen molar-refractivity contribution in [1.29, 1.82) is 0 Å². The van der Waals surface area contributed by atoms with Gasteiger partial charge in [0.05, 0.1) is 0 Å². The normalized spacial score (nSPS) is 9.79. The number of carboxylic acid groups (broad SMARTS) is 1. The van der Waals surface area contributed by atoms with E-state index < -0.39 is 11.2 Å². The van der Waals surface area contributed by atoms with Gasteiger partial charge in [-0.2, -0.15) is 0 Å². The van der Waals surface area contributed by atoms with Crippen molar-refractivity contribution >= 4 is 22.8 Å². The second-order valence-corrected chi connectivity index (χ2v) is 3.21. The lowest BCUT2D eigenvalue weighted by Crippen LogP contribution is -1.98. The smallest absolute Gasteiger partial charge is 0.303 e. The lowest BCUT2D eigenvalue weighted by molar-refractivity contribution is -0.136. The predicted octanol–water partition coefficient (Wildman–Crippen LogP) is 2.08. The van der Waals surface area contributed by atoms with Crippen molar-refractivity contribution < 1.29 is 14.7 Å². The molecule has 0 radical (unpaired) electrons. The van der Waals surface area contributed by atoms with E-state index in [2.05, 4.69) is 0 Å². The van der Waals surface area contributed by atoms with Crippen LogP contribution in [0.4, 0.5) is 0 Å². The lowest BCUT2D eigenvalue weighted by Gasteiger charge is -1.99. The van der Waals surface area contributed by atoms with E-state index in [0.29, 0.717) is 12.0 Å². The Morgan fingerprint density at radius 1 is 1.36 bits per heavy atom. The van der Waals surface area contributed by atoms with Crippen LogP contribution in [0.1, 0.15) is 22.3 Å². The van der Waals surface area contributed by atoms with Gasteiger partial charge in [-0.05, 0) is 29.7 Å². The molecule has 0 atom stereocenters. The number of carbonyl (C=O) groups is 2. The molecule has 74 valence electrons. The van der Waals surface area contributed by atoms with Gasteiger partial charge in [-0.1, -0.05) is 18.2 Å². The fraction of sp³-hybridized carbons (Fsp3) is 0.200. The number of halogens is 1. The number of carboxylic acids is 1. The summed E-state index contributed by atoms with van der Waals surface area (Å²) in [5, 5.41) is 7.93. The molecule has 0 saturated heterocycles. The number of hydrogen-bond acceptors (Lipinski definition) is 2. The first-order valence-electron chi connectivity index (χ1n) is 4.10. The SMILES string of the molecule is O=C(O)CCc1cccc(C(=O)Cl)c1. The van der Waals surface area contributed by atoms with Gasteiger partial charge in [-0.3, -0.25) is 9.59 Å². The molecule has 0 aliphatic carbocycles. The van der Waals surface area contributed by atoms with E-state index in [1.165, 1.54) is 0 Å². The number of rotatable bonds is 4. The Bertz CT molecular complexity index is 360. The molecule has 0 spiro atoms. The fourth-order valence-corrected chi connectivity index (χ4v) is 1.22. The Kier molecular flexibility index (Phi) is 3.65. The average Bonchev–Trinajstić information content (AvgIpc) is 2.15. The monoisotopic (exact) mass is 212 g/mol. The van der Waals surface area contributed by atoms with Crippen LogP contribution in [0.2, 0.25) is 0 Å². The van der Waals surface area contributed by atoms with Crippen LogP contribution in [0.5, 0.6) is 0 Å². The summed E-state index contributed by atoms with van der Waals surface area (Å²) in [6.07, 6.45) is 0.466. The molecule has 0 bridgehead atoms. The van der Waals surface area contributed by atoms with Gasteiger partial charge in [-0.15, -0.1) is 0 Å². The molecule has 0 amide bonds. The minimum absolute atomic E-state index is 0.0555. The standard InChI is InChI=1S/C10H9ClO3/c11-10(14)8-3-1-2-7(6-8)4-5-9(12)13/h1-3,6H,4-5H2,(H,12,13). The topological polar surface area (TPSA) is 54.4 Å². The number of aryl methyl sites for hydroxylation is 1. The number of benzene rings is 1. The van der Waals surface area contributed by atoms with Crippen LogP contribution in [0.15, 0.2) is 24.3 Å². The highest BCUT2D eigenvalue weighted by atomic mass is 35.5. The summed E-state index contributed by atoms with van der Waals surface area (Å²) in [6.45, 7) is 0. The summed E-state index contributed by atoms with van der Waals surface area (Å²) in [7, 11) is 0. The number of carbonyl (C=O) groups excluding carboxylic acids is 1. The van der Waals surface area contributed by atoms with Crippen LogP contribution < -0.4 is 0 Å². The Labute approximate surface area is 86.3 Å². The quantitative estimate of drug-likeness (QED) is 0.778. The maximum atomic E-state index is 10.8. The number of aliphatic carboxylic acids is 1. The zero-order valence-electron chi connectivity index (χ0n) is 7.37. The van der Waals surface area contributed by atoms with E-state index in [1.807, 2.05) is 0 Å². The second-order valence-electron chi connectivity index (χ2n) is 2.87. The van der Waals surface area contributed by atoms with Crippen LogP contribution in [-0.2, 0) is 11.2 Å². The van der Waals surface area contributed by atoms with Crippen LogP contribution in [0.3, 0.4) is 0 Å². The largest absolute Gasteiger partial charge is 0.481 e. The van der Waals surface area contributed by atoms with Crippen molar-refractivity contribution in [1.82, 2.24) is 0 Å². The highest BCUT2D eigenvalue weighted by Crippen LogP contribution is 2.09. The first-order chi connectivity index (χ1) is 6.59. The van der Waals surface area contributed by atoms with E-state index >= 15 is 0 Å². The van der Waals surface area contributed by atoms with Gasteiger partial charge in [0.1, 0.15) is 0 Å². The van der Waals surface area contributed by atoms with Crippen LogP contribution >= 0.6 is 11.6 Å². The predicted molar refractivity (Wildman–Crippen MR) is 52.6 cm³/mol. The van der Waals surface area contributed by atoms with Crippen LogP contribution in [0.25, 0.3) is 0 Å². The third-order valence-electron chi connectivity index (χ3n) is 1.78. The summed E-state index contributed by atoms with van der Waals surface area (Å²) < 4.78 is 0. The molecule has 0 unspecified atom stereocenters. The first kappa shape index (κ1) is 10.7. The van der Waals surface area contributed by atoms with E-state index in [9.17, 15) is 9.59 Å². The minimum Gasteiger partial charge on any atom is -0.481 e. The molecule has 0 aliphatic heterocycles. The summed E-state index contributed by atoms with van der Waals surface area (Å²) in [5.74, 6) is -0.854. The molecule has 4 heteroatoms. The zero-order chi connectivity index (χ0) is 10.6. The molecule has 1 rings (SSSR count). The molecule has 0 saturated carbocycles. The minimum atomic E-state index is -0.854. The number of hydrogen-bond donors (Lipinski definition) is 1. The molecule has 1 N–H and O–H groups in total. The Balaban J connectivity index is 2.73. The molecular formula is C10H9ClO3. The molecule has 14 heavy (non-hydrogen) atoms. The van der Waals surface area contributed by atoms with Crippen molar-refractivity contribution in [2.45, 2.75) is 12.8 Å². The summed E-state index contributed by atoms with van der Waals surface area (Å²) >= 11 is 5.28. The van der Waals surface area contributed by atoms with E-state index in [0.717, 1.165) is 5.56 Å². The molecule has 3 nitrogen and oxygen atoms in total. The molecule has 1 aromatic rings. The summed E-state index contributed by atoms with van der Waals surface area (Å²) in [4.78, 5) is 21.1. The van der Waals surface area contributed by atoms with E-state index in [1.54, 1.807) is 24.3 Å². The maximum absolute atomic E-state index is 10.8. The zero-order valence-corrected chi connectivity index (χ0v) is 8.12. The third kappa shape index (κ3) is 3.18. The van der Waals surface area contributed by atoms with Crippen molar-refractivity contribution in [3.63, 3.8) is 0 Å². The van der Waals surface area contributed by atoms with Crippen molar-refractivity contribution in [3.05, 3.63) is 35.4 Å². The molecule has 0 fully saturated rings. The van der Waals surface area contributed by atoms with Gasteiger partial charge < -0.3 is 5.11 Å². The van der Waals surface area contributed by atoms with E-state index in [-0.39, 0.29) is 6.42 Å². The van der Waals surface area contributed by atoms with Gasteiger partial charge in [0, 0.05) is 12.0 Å². The Morgan fingerprint density at radius 2 is 2.07 bits per heavy atom. The van der Waals surface area contributed by atoms with Crippen LogP contribution in [-0.4, -0.2) is 16.3 Å². The van der Waals surface area contributed by atoms with Crippen LogP contribution in [0, 0.1) is 0 Å². The van der Waals surface area contributed by atoms with E-state index in [4.69, 9.17) is 16.7 Å². The molecule has 0 heterocycles. The molecular weight excluding hydrogens is 204 g/mol. The summed E-state index contributed by atoms with van der Waals surface area (Å²) in [6, 6.07) is 6.66. The van der Waals surface area contributed by atoms with Gasteiger partial charge in [-0.25, -0.2) is 0 Å². The molecule has 0 aromatic heterocycles. The van der Waals surface area contributed by atoms with Crippen molar-refractivity contribution in [2.75, 3.05) is 0 Å². The summed E-state index contributed by atoms with van der Waals surface area (Å²) in [5.41, 5.74) is 1.20. The second kappa shape index (κ2) is 4.77. The van der Waals surface area contributed by atoms with Crippen molar-refractivity contribution in [2.24, 2.45) is 0 Å². The Hall–Kier alpha value is -1.35. The highest BCUT2D eigenvalue weighted by molar-refractivity contribution is 6.67. The maximum Gasteiger partial charge on any atom is 0.303 e. The first-order valence-corrected chi connectivity index (χ1v) is 4.48. The average molecular weight is 213 g/mol. The van der Waals surface area contributed by atoms with Gasteiger partial charge in [0.25, 0.3) is 5.24 Å². The van der Waals surface area contributed by atoms with Gasteiger partial charge in [0.15, 0.2) is 0 Å².